The molecule has 6 nitrogen and oxygen atoms in total. The van der Waals surface area contributed by atoms with E-state index in [0.717, 1.165) is 49.8 Å². The number of Topliss-reactive ketones (excluding diaryl/α,β-unsaturated/α-hetero) is 1. The van der Waals surface area contributed by atoms with Gasteiger partial charge in [-0.3, -0.25) is 4.79 Å². The van der Waals surface area contributed by atoms with E-state index in [1.54, 1.807) is 19.1 Å². The number of ketones is 1. The van der Waals surface area contributed by atoms with Gasteiger partial charge in [0.05, 0.1) is 11.6 Å². The molecule has 3 rings (SSSR count). The third kappa shape index (κ3) is 3.71. The highest BCUT2D eigenvalue weighted by Gasteiger charge is 2.24. The molecule has 0 saturated carbocycles. The Morgan fingerprint density at radius 1 is 1.40 bits per heavy atom. The number of rotatable bonds is 4. The molecule has 0 N–H and O–H groups in total. The molecule has 1 saturated heterocycles. The average Bonchev–Trinajstić information content (AvgIpc) is 2.91. The van der Waals surface area contributed by atoms with Crippen LogP contribution in [0.3, 0.4) is 0 Å². The van der Waals surface area contributed by atoms with Gasteiger partial charge in [0.1, 0.15) is 11.6 Å². The lowest BCUT2D eigenvalue weighted by atomic mass is 9.95. The highest BCUT2D eigenvalue weighted by Crippen LogP contribution is 2.28. The summed E-state index contributed by atoms with van der Waals surface area (Å²) in [5, 5.41) is 13.7. The van der Waals surface area contributed by atoms with Crippen LogP contribution in [0, 0.1) is 31.1 Å². The monoisotopic (exact) mass is 337 g/mol. The molecule has 1 aliphatic rings. The first-order valence-electron chi connectivity index (χ1n) is 8.66. The number of anilines is 1. The highest BCUT2D eigenvalue weighted by molar-refractivity contribution is 6.00. The fourth-order valence-corrected chi connectivity index (χ4v) is 3.57. The van der Waals surface area contributed by atoms with Crippen molar-refractivity contribution in [1.82, 2.24) is 14.8 Å². The molecule has 1 atom stereocenters. The Kier molecular flexibility index (Phi) is 4.84. The summed E-state index contributed by atoms with van der Waals surface area (Å²) in [6.07, 6.45) is 2.19. The standard InChI is InChI=1S/C19H23N5O/c1-13(25)18-7-6-16(10-20)9-19(18)23-8-4-5-17(11-23)12-24-15(3)21-14(2)22-24/h6-7,9,17H,4-5,8,11-12H2,1-3H3. The Bertz CT molecular complexity index is 833. The minimum Gasteiger partial charge on any atom is -0.371 e. The molecule has 2 heterocycles. The zero-order chi connectivity index (χ0) is 18.0. The van der Waals surface area contributed by atoms with E-state index in [-0.39, 0.29) is 5.78 Å². The van der Waals surface area contributed by atoms with E-state index in [1.165, 1.54) is 0 Å². The van der Waals surface area contributed by atoms with E-state index in [2.05, 4.69) is 21.1 Å². The van der Waals surface area contributed by atoms with Gasteiger partial charge < -0.3 is 4.90 Å². The number of nitriles is 1. The van der Waals surface area contributed by atoms with E-state index < -0.39 is 0 Å². The molecule has 1 aromatic carbocycles. The van der Waals surface area contributed by atoms with E-state index in [0.29, 0.717) is 17.0 Å². The highest BCUT2D eigenvalue weighted by atomic mass is 16.1. The molecule has 1 aromatic heterocycles. The summed E-state index contributed by atoms with van der Waals surface area (Å²) in [5.41, 5.74) is 2.15. The maximum atomic E-state index is 12.0. The van der Waals surface area contributed by atoms with Crippen LogP contribution in [0.1, 0.15) is 47.3 Å². The predicted octanol–water partition coefficient (Wildman–Crippen LogP) is 2.89. The van der Waals surface area contributed by atoms with E-state index in [1.807, 2.05) is 24.6 Å². The fraction of sp³-hybridized carbons (Fsp3) is 0.474. The molecule has 25 heavy (non-hydrogen) atoms. The van der Waals surface area contributed by atoms with Gasteiger partial charge in [0, 0.05) is 30.9 Å². The molecule has 0 radical (unpaired) electrons. The lowest BCUT2D eigenvalue weighted by molar-refractivity contribution is 0.101. The summed E-state index contributed by atoms with van der Waals surface area (Å²) in [5.74, 6) is 2.21. The number of carbonyl (C=O) groups is 1. The molecule has 130 valence electrons. The van der Waals surface area contributed by atoms with Crippen LogP contribution in [0.2, 0.25) is 0 Å². The van der Waals surface area contributed by atoms with Crippen molar-refractivity contribution in [2.24, 2.45) is 5.92 Å². The SMILES string of the molecule is CC(=O)c1ccc(C#N)cc1N1CCCC(Cn2nc(C)nc2C)C1. The lowest BCUT2D eigenvalue weighted by Crippen LogP contribution is -2.38. The summed E-state index contributed by atoms with van der Waals surface area (Å²) in [6, 6.07) is 7.49. The van der Waals surface area contributed by atoms with E-state index >= 15 is 0 Å². The second kappa shape index (κ2) is 7.06. The second-order valence-corrected chi connectivity index (χ2v) is 6.74. The molecular formula is C19H23N5O. The van der Waals surface area contributed by atoms with Crippen LogP contribution in [-0.4, -0.2) is 33.6 Å². The van der Waals surface area contributed by atoms with Gasteiger partial charge in [0.25, 0.3) is 0 Å². The van der Waals surface area contributed by atoms with Crippen LogP contribution in [0.4, 0.5) is 5.69 Å². The number of aromatic nitrogens is 3. The Balaban J connectivity index is 1.83. The Morgan fingerprint density at radius 3 is 2.84 bits per heavy atom. The smallest absolute Gasteiger partial charge is 0.161 e. The van der Waals surface area contributed by atoms with Crippen LogP contribution in [0.15, 0.2) is 18.2 Å². The number of benzene rings is 1. The summed E-state index contributed by atoms with van der Waals surface area (Å²) in [7, 11) is 0. The van der Waals surface area contributed by atoms with Crippen molar-refractivity contribution in [3.8, 4) is 6.07 Å². The van der Waals surface area contributed by atoms with Crippen molar-refractivity contribution in [3.05, 3.63) is 41.0 Å². The molecule has 0 spiro atoms. The quantitative estimate of drug-likeness (QED) is 0.802. The van der Waals surface area contributed by atoms with Gasteiger partial charge in [-0.15, -0.1) is 0 Å². The number of hydrogen-bond donors (Lipinski definition) is 0. The topological polar surface area (TPSA) is 74.8 Å². The first kappa shape index (κ1) is 17.2. The molecule has 0 amide bonds. The summed E-state index contributed by atoms with van der Waals surface area (Å²) < 4.78 is 1.97. The van der Waals surface area contributed by atoms with Crippen molar-refractivity contribution in [1.29, 1.82) is 5.26 Å². The summed E-state index contributed by atoms with van der Waals surface area (Å²) in [4.78, 5) is 18.6. The van der Waals surface area contributed by atoms with Gasteiger partial charge >= 0.3 is 0 Å². The van der Waals surface area contributed by atoms with Gasteiger partial charge in [-0.1, -0.05) is 0 Å². The zero-order valence-electron chi connectivity index (χ0n) is 15.0. The molecule has 1 fully saturated rings. The largest absolute Gasteiger partial charge is 0.371 e. The Hall–Kier alpha value is -2.68. The molecule has 0 aliphatic carbocycles. The second-order valence-electron chi connectivity index (χ2n) is 6.74. The van der Waals surface area contributed by atoms with Gasteiger partial charge in [-0.25, -0.2) is 9.67 Å². The Labute approximate surface area is 148 Å². The van der Waals surface area contributed by atoms with Gasteiger partial charge in [-0.05, 0) is 57.7 Å². The molecule has 0 bridgehead atoms. The van der Waals surface area contributed by atoms with Crippen LogP contribution in [0.25, 0.3) is 0 Å². The zero-order valence-corrected chi connectivity index (χ0v) is 15.0. The van der Waals surface area contributed by atoms with Crippen molar-refractivity contribution in [2.75, 3.05) is 18.0 Å². The third-order valence-electron chi connectivity index (χ3n) is 4.76. The van der Waals surface area contributed by atoms with Crippen LogP contribution in [-0.2, 0) is 6.54 Å². The van der Waals surface area contributed by atoms with Crippen LogP contribution < -0.4 is 4.90 Å². The number of aryl methyl sites for hydroxylation is 2. The summed E-state index contributed by atoms with van der Waals surface area (Å²) in [6.45, 7) is 8.05. The number of hydrogen-bond acceptors (Lipinski definition) is 5. The van der Waals surface area contributed by atoms with Crippen LogP contribution in [0.5, 0.6) is 0 Å². The number of carbonyl (C=O) groups excluding carboxylic acids is 1. The molecular weight excluding hydrogens is 314 g/mol. The predicted molar refractivity (Wildman–Crippen MR) is 95.6 cm³/mol. The van der Waals surface area contributed by atoms with Crippen molar-refractivity contribution < 1.29 is 4.79 Å². The maximum absolute atomic E-state index is 12.0. The third-order valence-corrected chi connectivity index (χ3v) is 4.76. The van der Waals surface area contributed by atoms with E-state index in [4.69, 9.17) is 0 Å². The molecule has 2 aromatic rings. The Morgan fingerprint density at radius 2 is 2.20 bits per heavy atom. The minimum atomic E-state index is 0.0318. The first-order chi connectivity index (χ1) is 12.0. The van der Waals surface area contributed by atoms with Crippen molar-refractivity contribution in [3.63, 3.8) is 0 Å². The van der Waals surface area contributed by atoms with Crippen molar-refractivity contribution >= 4 is 11.5 Å². The minimum absolute atomic E-state index is 0.0318. The number of nitrogens with zero attached hydrogens (tertiary/aromatic N) is 5. The first-order valence-corrected chi connectivity index (χ1v) is 8.66. The lowest BCUT2D eigenvalue weighted by Gasteiger charge is -2.35. The summed E-state index contributed by atoms with van der Waals surface area (Å²) >= 11 is 0. The van der Waals surface area contributed by atoms with Gasteiger partial charge in [0.15, 0.2) is 5.78 Å². The van der Waals surface area contributed by atoms with Gasteiger partial charge in [-0.2, -0.15) is 10.4 Å². The van der Waals surface area contributed by atoms with Gasteiger partial charge in [0.2, 0.25) is 0 Å². The molecule has 1 aliphatic heterocycles. The molecule has 6 heteroatoms. The number of piperidine rings is 1. The normalized spacial score (nSPS) is 17.4. The van der Waals surface area contributed by atoms with E-state index in [9.17, 15) is 10.1 Å². The van der Waals surface area contributed by atoms with Crippen LogP contribution >= 0.6 is 0 Å². The van der Waals surface area contributed by atoms with Crippen molar-refractivity contribution in [2.45, 2.75) is 40.2 Å². The maximum Gasteiger partial charge on any atom is 0.161 e. The fourth-order valence-electron chi connectivity index (χ4n) is 3.57. The molecule has 1 unspecified atom stereocenters. The average molecular weight is 337 g/mol.